The molecular weight excluding hydrogens is 270 g/mol. The van der Waals surface area contributed by atoms with Crippen molar-refractivity contribution in [3.8, 4) is 0 Å². The topological polar surface area (TPSA) is 43.6 Å². The van der Waals surface area contributed by atoms with Gasteiger partial charge in [0.1, 0.15) is 0 Å². The first kappa shape index (κ1) is 13.9. The zero-order valence-electron chi connectivity index (χ0n) is 10.9. The standard InChI is InChI=1S/C12H14F2N4S/c1-12(2,3)18-11(15-16-17-18)19-7-8-5-4-6-9(13)10(8)14/h4-6H,7H2,1-3H3. The fraction of sp³-hybridized carbons (Fsp3) is 0.417. The van der Waals surface area contributed by atoms with Crippen LogP contribution in [0.25, 0.3) is 0 Å². The van der Waals surface area contributed by atoms with Crippen LogP contribution in [-0.2, 0) is 11.3 Å². The van der Waals surface area contributed by atoms with Crippen LogP contribution in [0, 0.1) is 11.6 Å². The van der Waals surface area contributed by atoms with Crippen molar-refractivity contribution in [3.05, 3.63) is 35.4 Å². The molecule has 1 aromatic heterocycles. The van der Waals surface area contributed by atoms with Gasteiger partial charge in [-0.15, -0.1) is 5.10 Å². The summed E-state index contributed by atoms with van der Waals surface area (Å²) in [6.07, 6.45) is 0. The third kappa shape index (κ3) is 3.09. The first-order valence-electron chi connectivity index (χ1n) is 5.74. The van der Waals surface area contributed by atoms with E-state index in [9.17, 15) is 8.78 Å². The molecule has 0 amide bonds. The summed E-state index contributed by atoms with van der Waals surface area (Å²) in [6, 6.07) is 4.14. The average Bonchev–Trinajstić information content (AvgIpc) is 2.79. The maximum absolute atomic E-state index is 13.5. The number of benzene rings is 1. The van der Waals surface area contributed by atoms with Gasteiger partial charge < -0.3 is 0 Å². The molecule has 0 radical (unpaired) electrons. The number of rotatable bonds is 3. The molecule has 0 aliphatic carbocycles. The number of halogens is 2. The Hall–Kier alpha value is -1.50. The molecule has 0 bridgehead atoms. The van der Waals surface area contributed by atoms with Gasteiger partial charge in [0.15, 0.2) is 11.6 Å². The minimum Gasteiger partial charge on any atom is -0.215 e. The monoisotopic (exact) mass is 284 g/mol. The molecule has 102 valence electrons. The SMILES string of the molecule is CC(C)(C)n1nnnc1SCc1cccc(F)c1F. The molecule has 0 N–H and O–H groups in total. The minimum atomic E-state index is -0.839. The quantitative estimate of drug-likeness (QED) is 0.813. The molecule has 2 aromatic rings. The fourth-order valence-corrected chi connectivity index (χ4v) is 2.53. The average molecular weight is 284 g/mol. The molecule has 0 aliphatic heterocycles. The number of tetrazole rings is 1. The van der Waals surface area contributed by atoms with E-state index in [1.807, 2.05) is 20.8 Å². The summed E-state index contributed by atoms with van der Waals surface area (Å²) >= 11 is 1.28. The molecule has 1 aromatic carbocycles. The zero-order valence-corrected chi connectivity index (χ0v) is 11.7. The lowest BCUT2D eigenvalue weighted by Crippen LogP contribution is -2.24. The van der Waals surface area contributed by atoms with E-state index in [2.05, 4.69) is 15.5 Å². The number of hydrogen-bond acceptors (Lipinski definition) is 4. The highest BCUT2D eigenvalue weighted by Crippen LogP contribution is 2.26. The molecule has 19 heavy (non-hydrogen) atoms. The second-order valence-electron chi connectivity index (χ2n) is 5.05. The van der Waals surface area contributed by atoms with Crippen molar-refractivity contribution >= 4 is 11.8 Å². The van der Waals surface area contributed by atoms with Crippen LogP contribution in [0.1, 0.15) is 26.3 Å². The molecule has 0 saturated heterocycles. The highest BCUT2D eigenvalue weighted by molar-refractivity contribution is 7.98. The van der Waals surface area contributed by atoms with E-state index in [4.69, 9.17) is 0 Å². The van der Waals surface area contributed by atoms with Crippen molar-refractivity contribution in [3.63, 3.8) is 0 Å². The number of thioether (sulfide) groups is 1. The van der Waals surface area contributed by atoms with Crippen molar-refractivity contribution in [2.24, 2.45) is 0 Å². The van der Waals surface area contributed by atoms with Gasteiger partial charge in [0, 0.05) is 11.3 Å². The molecule has 2 rings (SSSR count). The van der Waals surface area contributed by atoms with E-state index in [1.165, 1.54) is 17.8 Å². The van der Waals surface area contributed by atoms with Crippen molar-refractivity contribution in [1.82, 2.24) is 20.2 Å². The van der Waals surface area contributed by atoms with Crippen LogP contribution in [0.4, 0.5) is 8.78 Å². The second-order valence-corrected chi connectivity index (χ2v) is 5.99. The van der Waals surface area contributed by atoms with Gasteiger partial charge in [0.2, 0.25) is 5.16 Å². The molecule has 0 saturated carbocycles. The number of aromatic nitrogens is 4. The predicted octanol–water partition coefficient (Wildman–Crippen LogP) is 3.00. The maximum atomic E-state index is 13.5. The summed E-state index contributed by atoms with van der Waals surface area (Å²) < 4.78 is 28.3. The van der Waals surface area contributed by atoms with Crippen LogP contribution in [0.2, 0.25) is 0 Å². The van der Waals surface area contributed by atoms with Gasteiger partial charge >= 0.3 is 0 Å². The molecule has 0 spiro atoms. The Balaban J connectivity index is 2.16. The maximum Gasteiger partial charge on any atom is 0.210 e. The summed E-state index contributed by atoms with van der Waals surface area (Å²) in [6.45, 7) is 5.91. The smallest absolute Gasteiger partial charge is 0.210 e. The van der Waals surface area contributed by atoms with E-state index < -0.39 is 11.6 Å². The summed E-state index contributed by atoms with van der Waals surface area (Å²) in [7, 11) is 0. The highest BCUT2D eigenvalue weighted by Gasteiger charge is 2.20. The predicted molar refractivity (Wildman–Crippen MR) is 68.7 cm³/mol. The lowest BCUT2D eigenvalue weighted by Gasteiger charge is -2.19. The Morgan fingerprint density at radius 3 is 2.68 bits per heavy atom. The third-order valence-electron chi connectivity index (χ3n) is 2.46. The Kier molecular flexibility index (Phi) is 3.84. The Labute approximate surface area is 114 Å². The lowest BCUT2D eigenvalue weighted by molar-refractivity contribution is 0.321. The number of nitrogens with zero attached hydrogens (tertiary/aromatic N) is 4. The van der Waals surface area contributed by atoms with Crippen molar-refractivity contribution < 1.29 is 8.78 Å². The minimum absolute atomic E-state index is 0.258. The van der Waals surface area contributed by atoms with Crippen molar-refractivity contribution in [1.29, 1.82) is 0 Å². The van der Waals surface area contributed by atoms with Crippen LogP contribution in [-0.4, -0.2) is 20.2 Å². The fourth-order valence-electron chi connectivity index (χ4n) is 1.49. The van der Waals surface area contributed by atoms with Gasteiger partial charge in [0.25, 0.3) is 0 Å². The first-order chi connectivity index (χ1) is 8.89. The van der Waals surface area contributed by atoms with Gasteiger partial charge in [-0.2, -0.15) is 0 Å². The molecule has 7 heteroatoms. The highest BCUT2D eigenvalue weighted by atomic mass is 32.2. The Morgan fingerprint density at radius 1 is 1.26 bits per heavy atom. The van der Waals surface area contributed by atoms with Crippen LogP contribution < -0.4 is 0 Å². The van der Waals surface area contributed by atoms with Crippen molar-refractivity contribution in [2.45, 2.75) is 37.2 Å². The van der Waals surface area contributed by atoms with Gasteiger partial charge in [-0.25, -0.2) is 13.5 Å². The van der Waals surface area contributed by atoms with Crippen LogP contribution in [0.3, 0.4) is 0 Å². The second kappa shape index (κ2) is 5.24. The normalized spacial score (nSPS) is 11.8. The summed E-state index contributed by atoms with van der Waals surface area (Å²) in [5.41, 5.74) is 0.0419. The van der Waals surface area contributed by atoms with Gasteiger partial charge in [-0.05, 0) is 37.3 Å². The molecule has 1 heterocycles. The van der Waals surface area contributed by atoms with E-state index >= 15 is 0 Å². The van der Waals surface area contributed by atoms with Crippen molar-refractivity contribution in [2.75, 3.05) is 0 Å². The molecule has 0 aliphatic rings. The molecule has 4 nitrogen and oxygen atoms in total. The van der Waals surface area contributed by atoms with E-state index in [0.29, 0.717) is 10.7 Å². The zero-order chi connectivity index (χ0) is 14.0. The van der Waals surface area contributed by atoms with Crippen LogP contribution in [0.15, 0.2) is 23.4 Å². The summed E-state index contributed by atoms with van der Waals surface area (Å²) in [5.74, 6) is -1.38. The van der Waals surface area contributed by atoms with Gasteiger partial charge in [0.05, 0.1) is 5.54 Å². The molecule has 0 unspecified atom stereocenters. The number of hydrogen-bond donors (Lipinski definition) is 0. The van der Waals surface area contributed by atoms with E-state index in [-0.39, 0.29) is 11.3 Å². The van der Waals surface area contributed by atoms with Gasteiger partial charge in [-0.1, -0.05) is 23.9 Å². The van der Waals surface area contributed by atoms with Crippen LogP contribution >= 0.6 is 11.8 Å². The molecule has 0 atom stereocenters. The Bertz CT molecular complexity index is 577. The Morgan fingerprint density at radius 2 is 2.00 bits per heavy atom. The van der Waals surface area contributed by atoms with Crippen LogP contribution in [0.5, 0.6) is 0 Å². The van der Waals surface area contributed by atoms with Gasteiger partial charge in [-0.3, -0.25) is 0 Å². The molecular formula is C12H14F2N4S. The molecule has 0 fully saturated rings. The largest absolute Gasteiger partial charge is 0.215 e. The summed E-state index contributed by atoms with van der Waals surface area (Å²) in [5, 5.41) is 12.0. The van der Waals surface area contributed by atoms with E-state index in [1.54, 1.807) is 10.7 Å². The lowest BCUT2D eigenvalue weighted by atomic mass is 10.1. The third-order valence-corrected chi connectivity index (χ3v) is 3.43. The summed E-state index contributed by atoms with van der Waals surface area (Å²) in [4.78, 5) is 0. The first-order valence-corrected chi connectivity index (χ1v) is 6.72. The van der Waals surface area contributed by atoms with E-state index in [0.717, 1.165) is 6.07 Å².